The van der Waals surface area contributed by atoms with Gasteiger partial charge in [0, 0.05) is 5.92 Å². The van der Waals surface area contributed by atoms with Gasteiger partial charge >= 0.3 is 0 Å². The Balaban J connectivity index is 2.01. The van der Waals surface area contributed by atoms with Gasteiger partial charge in [-0.2, -0.15) is 0 Å². The van der Waals surface area contributed by atoms with E-state index in [0.717, 1.165) is 12.8 Å². The molecule has 2 aliphatic rings. The summed E-state index contributed by atoms with van der Waals surface area (Å²) in [5.41, 5.74) is 0. The van der Waals surface area contributed by atoms with Crippen molar-refractivity contribution < 1.29 is 4.79 Å². The standard InChI is InChI=1S/C18H31BrO/c19-17-14-10-6-5-9-13-16(18(17)20)15-11-7-3-1-2-4-8-12-15/h15-17H,1-14H2. The van der Waals surface area contributed by atoms with E-state index in [9.17, 15) is 4.79 Å². The number of carbonyl (C=O) groups excluding carboxylic acids is 1. The second-order valence-corrected chi connectivity index (χ2v) is 8.03. The van der Waals surface area contributed by atoms with Crippen molar-refractivity contribution in [2.45, 2.75) is 94.7 Å². The lowest BCUT2D eigenvalue weighted by Gasteiger charge is -2.27. The Labute approximate surface area is 133 Å². The van der Waals surface area contributed by atoms with Crippen LogP contribution in [0.15, 0.2) is 0 Å². The van der Waals surface area contributed by atoms with Crippen LogP contribution in [0.25, 0.3) is 0 Å². The maximum atomic E-state index is 12.8. The predicted octanol–water partition coefficient (Wildman–Crippen LogP) is 6.04. The number of hydrogen-bond donors (Lipinski definition) is 0. The Kier molecular flexibility index (Phi) is 7.62. The van der Waals surface area contributed by atoms with Gasteiger partial charge < -0.3 is 0 Å². The molecule has 2 heteroatoms. The molecule has 2 saturated carbocycles. The van der Waals surface area contributed by atoms with Crippen LogP contribution in [-0.4, -0.2) is 10.6 Å². The summed E-state index contributed by atoms with van der Waals surface area (Å²) in [6.07, 6.45) is 18.2. The van der Waals surface area contributed by atoms with E-state index in [1.807, 2.05) is 0 Å². The molecule has 0 aromatic rings. The number of hydrogen-bond acceptors (Lipinski definition) is 1. The number of Topliss-reactive ketones (excluding diaryl/α,β-unsaturated/α-hetero) is 1. The van der Waals surface area contributed by atoms with E-state index in [2.05, 4.69) is 15.9 Å². The van der Waals surface area contributed by atoms with E-state index in [4.69, 9.17) is 0 Å². The molecule has 0 bridgehead atoms. The van der Waals surface area contributed by atoms with Gasteiger partial charge in [-0.1, -0.05) is 80.1 Å². The Morgan fingerprint density at radius 2 is 1.10 bits per heavy atom. The van der Waals surface area contributed by atoms with Gasteiger partial charge in [-0.25, -0.2) is 0 Å². The van der Waals surface area contributed by atoms with Crippen molar-refractivity contribution in [1.29, 1.82) is 0 Å². The first-order valence-corrected chi connectivity index (χ1v) is 9.88. The highest BCUT2D eigenvalue weighted by Gasteiger charge is 2.31. The number of ketones is 1. The summed E-state index contributed by atoms with van der Waals surface area (Å²) in [7, 11) is 0. The summed E-state index contributed by atoms with van der Waals surface area (Å²) < 4.78 is 0. The topological polar surface area (TPSA) is 17.1 Å². The first kappa shape index (κ1) is 16.5. The maximum absolute atomic E-state index is 12.8. The van der Waals surface area contributed by atoms with Crippen molar-refractivity contribution in [3.8, 4) is 0 Å². The van der Waals surface area contributed by atoms with Crippen LogP contribution in [0.1, 0.15) is 89.9 Å². The van der Waals surface area contributed by atoms with E-state index >= 15 is 0 Å². The van der Waals surface area contributed by atoms with Gasteiger partial charge in [-0.3, -0.25) is 4.79 Å². The van der Waals surface area contributed by atoms with Crippen LogP contribution >= 0.6 is 15.9 Å². The van der Waals surface area contributed by atoms with Crippen LogP contribution in [0.2, 0.25) is 0 Å². The molecule has 2 rings (SSSR count). The summed E-state index contributed by atoms with van der Waals surface area (Å²) in [6.45, 7) is 0. The third-order valence-electron chi connectivity index (χ3n) is 5.37. The first-order valence-electron chi connectivity index (χ1n) is 8.97. The molecule has 2 atom stereocenters. The van der Waals surface area contributed by atoms with Crippen LogP contribution in [0.3, 0.4) is 0 Å². The second kappa shape index (κ2) is 9.23. The van der Waals surface area contributed by atoms with Crippen molar-refractivity contribution >= 4 is 21.7 Å². The SMILES string of the molecule is O=C1C(Br)CCCCCCC1C1CCCCCCCC1. The molecule has 0 N–H and O–H groups in total. The highest BCUT2D eigenvalue weighted by Crippen LogP contribution is 2.35. The van der Waals surface area contributed by atoms with Gasteiger partial charge in [0.15, 0.2) is 0 Å². The fraction of sp³-hybridized carbons (Fsp3) is 0.944. The molecule has 2 unspecified atom stereocenters. The monoisotopic (exact) mass is 342 g/mol. The van der Waals surface area contributed by atoms with E-state index in [1.54, 1.807) is 0 Å². The molecule has 116 valence electrons. The molecular formula is C18H31BrO. The molecule has 2 aliphatic carbocycles. The number of carbonyl (C=O) groups is 1. The Morgan fingerprint density at radius 1 is 0.650 bits per heavy atom. The molecule has 0 aromatic carbocycles. The molecule has 0 aromatic heterocycles. The summed E-state index contributed by atoms with van der Waals surface area (Å²) in [5, 5.41) is 0. The van der Waals surface area contributed by atoms with Crippen molar-refractivity contribution in [2.75, 3.05) is 0 Å². The lowest BCUT2D eigenvalue weighted by Crippen LogP contribution is -2.30. The van der Waals surface area contributed by atoms with Crippen molar-refractivity contribution in [3.63, 3.8) is 0 Å². The van der Waals surface area contributed by atoms with Gasteiger partial charge in [0.2, 0.25) is 0 Å². The smallest absolute Gasteiger partial charge is 0.149 e. The van der Waals surface area contributed by atoms with Gasteiger partial charge in [-0.05, 0) is 31.6 Å². The lowest BCUT2D eigenvalue weighted by atomic mass is 9.78. The van der Waals surface area contributed by atoms with Crippen molar-refractivity contribution in [1.82, 2.24) is 0 Å². The number of halogens is 1. The fourth-order valence-electron chi connectivity index (χ4n) is 4.09. The first-order chi connectivity index (χ1) is 9.79. The van der Waals surface area contributed by atoms with Crippen LogP contribution in [0.4, 0.5) is 0 Å². The normalized spacial score (nSPS) is 32.4. The zero-order chi connectivity index (χ0) is 14.2. The van der Waals surface area contributed by atoms with Crippen LogP contribution < -0.4 is 0 Å². The second-order valence-electron chi connectivity index (χ2n) is 6.93. The zero-order valence-electron chi connectivity index (χ0n) is 12.9. The summed E-state index contributed by atoms with van der Waals surface area (Å²) >= 11 is 3.68. The van der Waals surface area contributed by atoms with Crippen LogP contribution in [0, 0.1) is 11.8 Å². The van der Waals surface area contributed by atoms with E-state index in [-0.39, 0.29) is 4.83 Å². The minimum atomic E-state index is 0.137. The molecular weight excluding hydrogens is 312 g/mol. The molecule has 0 heterocycles. The lowest BCUT2D eigenvalue weighted by molar-refractivity contribution is -0.124. The average Bonchev–Trinajstić information content (AvgIpc) is 2.63. The predicted molar refractivity (Wildman–Crippen MR) is 89.3 cm³/mol. The highest BCUT2D eigenvalue weighted by atomic mass is 79.9. The molecule has 1 nitrogen and oxygen atoms in total. The van der Waals surface area contributed by atoms with Gasteiger partial charge in [0.05, 0.1) is 4.83 Å². The van der Waals surface area contributed by atoms with E-state index in [0.29, 0.717) is 17.6 Å². The Morgan fingerprint density at radius 3 is 1.70 bits per heavy atom. The quantitative estimate of drug-likeness (QED) is 0.531. The molecule has 20 heavy (non-hydrogen) atoms. The zero-order valence-corrected chi connectivity index (χ0v) is 14.5. The fourth-order valence-corrected chi connectivity index (χ4v) is 4.76. The minimum absolute atomic E-state index is 0.137. The van der Waals surface area contributed by atoms with Gasteiger partial charge in [0.25, 0.3) is 0 Å². The van der Waals surface area contributed by atoms with E-state index in [1.165, 1.54) is 77.0 Å². The third kappa shape index (κ3) is 5.16. The largest absolute Gasteiger partial charge is 0.298 e. The summed E-state index contributed by atoms with van der Waals surface area (Å²) in [4.78, 5) is 12.9. The Bertz CT molecular complexity index is 279. The molecule has 0 aliphatic heterocycles. The van der Waals surface area contributed by atoms with Gasteiger partial charge in [-0.15, -0.1) is 0 Å². The molecule has 0 saturated heterocycles. The maximum Gasteiger partial charge on any atom is 0.149 e. The average molecular weight is 343 g/mol. The van der Waals surface area contributed by atoms with Crippen molar-refractivity contribution in [2.24, 2.45) is 11.8 Å². The molecule has 0 radical (unpaired) electrons. The molecule has 0 spiro atoms. The number of alkyl halides is 1. The highest BCUT2D eigenvalue weighted by molar-refractivity contribution is 9.10. The molecule has 0 amide bonds. The third-order valence-corrected chi connectivity index (χ3v) is 6.27. The number of rotatable bonds is 1. The van der Waals surface area contributed by atoms with Crippen LogP contribution in [-0.2, 0) is 4.79 Å². The van der Waals surface area contributed by atoms with Crippen molar-refractivity contribution in [3.05, 3.63) is 0 Å². The Hall–Kier alpha value is 0.150. The minimum Gasteiger partial charge on any atom is -0.298 e. The van der Waals surface area contributed by atoms with Crippen LogP contribution in [0.5, 0.6) is 0 Å². The van der Waals surface area contributed by atoms with Gasteiger partial charge in [0.1, 0.15) is 5.78 Å². The summed E-state index contributed by atoms with van der Waals surface area (Å²) in [6, 6.07) is 0. The summed E-state index contributed by atoms with van der Waals surface area (Å²) in [5.74, 6) is 1.57. The van der Waals surface area contributed by atoms with E-state index < -0.39 is 0 Å². The molecule has 2 fully saturated rings.